The monoisotopic (exact) mass is 3250 g/mol. The van der Waals surface area contributed by atoms with Gasteiger partial charge in [-0.2, -0.15) is 36.8 Å². The molecule has 0 aliphatic heterocycles. The average Bonchev–Trinajstić information content (AvgIpc) is 3.00. The van der Waals surface area contributed by atoms with Crippen molar-refractivity contribution in [1.29, 1.82) is 0 Å². The number of Topliss-reactive ketones (excluding diaryl/α,β-unsaturated/α-hetero) is 2. The van der Waals surface area contributed by atoms with E-state index in [0.29, 0.717) is 24.2 Å². The summed E-state index contributed by atoms with van der Waals surface area (Å²) < 4.78 is 0. The van der Waals surface area contributed by atoms with Gasteiger partial charge in [-0.3, -0.25) is 13.1 Å². The topological polar surface area (TPSA) is 225 Å². The van der Waals surface area contributed by atoms with Gasteiger partial charge in [0, 0.05) is 393 Å². The normalized spacial score (nSPS) is 6.43. The van der Waals surface area contributed by atoms with Crippen molar-refractivity contribution in [3.05, 3.63) is 95.1 Å². The average molecular weight is 3250 g/mol. The zero-order chi connectivity index (χ0) is 34.2. The fraction of sp³-hybridized carbons (Fsp3) is 0.233. The molecule has 0 amide bonds. The van der Waals surface area contributed by atoms with Crippen LogP contribution < -0.4 is 11.5 Å². The Morgan fingerprint density at radius 3 is 1.18 bits per heavy atom. The number of anilines is 1. The minimum absolute atomic E-state index is 0. The van der Waals surface area contributed by atoms with Crippen LogP contribution >= 0.6 is 0 Å². The number of carbonyl (C=O) groups is 3. The number of nitrogens with two attached hydrogens (primary N) is 2. The zero-order valence-electron chi connectivity index (χ0n) is 34.8. The van der Waals surface area contributed by atoms with Crippen LogP contribution in [0.4, 0.5) is 5.69 Å². The number of rotatable bonds is 10. The van der Waals surface area contributed by atoms with E-state index in [1.54, 1.807) is 30.9 Å². The Bertz CT molecular complexity index is 944. The van der Waals surface area contributed by atoms with Crippen LogP contribution in [0, 0.1) is 47.1 Å². The molecule has 0 atom stereocenters. The van der Waals surface area contributed by atoms with E-state index in [0.717, 1.165) is 12.2 Å². The van der Waals surface area contributed by atoms with Gasteiger partial charge in [0.15, 0.2) is 0 Å². The van der Waals surface area contributed by atoms with Gasteiger partial charge in [-0.25, -0.2) is 6.42 Å². The molecule has 12 radical (unpaired) electrons. The number of ketones is 3. The number of nitrogens with zero attached hydrogens (tertiary/aromatic N) is 1. The predicted molar refractivity (Wildman–Crippen MR) is 160 cm³/mol. The summed E-state index contributed by atoms with van der Waals surface area (Å²) in [6.07, 6.45) is 14.7. The molecule has 0 fully saturated rings. The molecule has 1 heterocycles. The Kier molecular flexibility index (Phi) is 404. The van der Waals surface area contributed by atoms with Crippen molar-refractivity contribution in [3.8, 4) is 0 Å². The van der Waals surface area contributed by atoms with E-state index in [9.17, 15) is 28.8 Å². The molecule has 0 bridgehead atoms. The molecular formula is C30H38N3O9Rf6Y12-11. The van der Waals surface area contributed by atoms with Gasteiger partial charge in [-0.1, -0.05) is 36.5 Å². The first-order chi connectivity index (χ1) is 19.9. The fourth-order valence-electron chi connectivity index (χ4n) is 0.927. The van der Waals surface area contributed by atoms with Crippen molar-refractivity contribution in [1.82, 2.24) is 4.98 Å². The van der Waals surface area contributed by atoms with Crippen LogP contribution in [0.1, 0.15) is 45.4 Å². The summed E-state index contributed by atoms with van der Waals surface area (Å²) in [6, 6.07) is 3.34. The second-order valence-electron chi connectivity index (χ2n) is 6.36. The number of carbonyl (C=O) groups excluding carboxylic acids is 7. The Morgan fingerprint density at radius 2 is 1.08 bits per heavy atom. The van der Waals surface area contributed by atoms with Crippen molar-refractivity contribution in [3.63, 3.8) is 0 Å². The molecule has 286 valence electrons. The van der Waals surface area contributed by atoms with Gasteiger partial charge < -0.3 is 94.8 Å². The summed E-state index contributed by atoms with van der Waals surface area (Å²) in [4.78, 5) is 69.5. The summed E-state index contributed by atoms with van der Waals surface area (Å²) in [5, 5.41) is 16.2. The van der Waals surface area contributed by atoms with Gasteiger partial charge >= 0.3 is 0 Å². The molecule has 1 aromatic heterocycles. The summed E-state index contributed by atoms with van der Waals surface area (Å²) in [5.41, 5.74) is 11.6. The molecule has 12 nitrogen and oxygen atoms in total. The summed E-state index contributed by atoms with van der Waals surface area (Å²) in [6.45, 7) is 21.4. The van der Waals surface area contributed by atoms with Crippen LogP contribution in [-0.2, 0) is 426 Å². The molecule has 30 heteroatoms. The molecule has 0 spiro atoms. The van der Waals surface area contributed by atoms with Crippen molar-refractivity contribution in [2.24, 2.45) is 5.73 Å². The van der Waals surface area contributed by atoms with E-state index in [2.05, 4.69) is 52.6 Å². The third-order valence-corrected chi connectivity index (χ3v) is 3.03. The van der Waals surface area contributed by atoms with Crippen LogP contribution in [0.2, 0.25) is 0 Å². The summed E-state index contributed by atoms with van der Waals surface area (Å²) in [7, 11) is 0. The van der Waals surface area contributed by atoms with Crippen LogP contribution in [0.5, 0.6) is 0 Å². The molecule has 0 saturated carbocycles. The largest absolute Gasteiger partial charge is 0.607 e. The van der Waals surface area contributed by atoms with E-state index >= 15 is 0 Å². The Hall–Kier alpha value is 2.51. The first-order valence-corrected chi connectivity index (χ1v) is 11.4. The predicted octanol–water partition coefficient (Wildman–Crippen LogP) is 2.82. The second kappa shape index (κ2) is 152. The van der Waals surface area contributed by atoms with Gasteiger partial charge in [-0.05, 0) is 25.3 Å². The van der Waals surface area contributed by atoms with Crippen LogP contribution in [0.15, 0.2) is 48.0 Å². The molecule has 0 saturated heterocycles. The molecule has 60 heavy (non-hydrogen) atoms. The molecule has 0 aliphatic carbocycles. The molecule has 0 unspecified atom stereocenters. The Labute approximate surface area is 626 Å². The van der Waals surface area contributed by atoms with E-state index < -0.39 is 0 Å². The van der Waals surface area contributed by atoms with Crippen LogP contribution in [-0.4, -0.2) is 58.2 Å². The summed E-state index contributed by atoms with van der Waals surface area (Å²) >= 11 is 0. The van der Waals surface area contributed by atoms with Crippen molar-refractivity contribution >= 4 is 48.7 Å². The number of hydrogen-bond donors (Lipinski definition) is 4. The van der Waals surface area contributed by atoms with Gasteiger partial charge in [-0.15, -0.1) is 25.0 Å². The Balaban J connectivity index is -0.0000000110. The smallest absolute Gasteiger partial charge is 0.0998 e. The molecule has 1 aromatic rings. The van der Waals surface area contributed by atoms with Gasteiger partial charge in [0.05, 0.1) is 11.6 Å². The maximum atomic E-state index is 10.1. The van der Waals surface area contributed by atoms with Crippen molar-refractivity contribution < 1.29 is 436 Å². The SMILES string of the molecule is Nc1c[c-]ncc1.[CH-]=O.[CH2-]C/C(N)=C/[C-]=O.[CH2-]C/C(O)=C/[C-]=O.[CH2-]CC(=O)C=[C-]O.[CH2-]CC(=O)C[C-]=O.[CH2-]CC(C)=O.[Rf].[Rf].[Rf].[Rf].[Rf].[Rf].[Y].[Y].[Y].[Y].[Y].[Y].[Y].[Y].[Y].[Y].[Y].[Y]. The first-order valence-electron chi connectivity index (χ1n) is 11.4. The number of aromatic nitrogens is 1. The van der Waals surface area contributed by atoms with E-state index in [1.165, 1.54) is 25.6 Å². The third kappa shape index (κ3) is 203. The first kappa shape index (κ1) is 159. The number of allylic oxidation sites excluding steroid dienone is 5. The standard InChI is InChI=1S/C5H5N2.C5H7NO.3C5H6O2.C4H7O.CHO.6Rf.12Y/c6-5-1-3-7-4-2-5;1-2-5(6)3-4-7;3*1-2-5(7)3-4-6;1-3-4(2)5;1-2;;;;;;;;;;;;;;;;;;/h1-3H,(H2,6,7);3H,1-2,6H2;1-3H2;3,7H,1-2H2;3,6H,1-2H2;1,3H2,2H3;1H;;;;;;;;;;;;;;;;;;/q-1;4*-2;2*-1;;;;;;;;;;;;;;;;;;/b;5-3-;;5-3-;;;;;;;;;;;;;;;;;;;;;. The molecular weight excluding hydrogens is 3220 g/mol. The maximum absolute atomic E-state index is 10.1. The van der Waals surface area contributed by atoms with Crippen molar-refractivity contribution in [2.75, 3.05) is 5.73 Å². The minimum Gasteiger partial charge on any atom is -0.607 e. The molecule has 0 aromatic carbocycles. The molecule has 6 N–H and O–H groups in total. The van der Waals surface area contributed by atoms with E-state index in [1.807, 2.05) is 0 Å². The minimum atomic E-state index is -0.220. The van der Waals surface area contributed by atoms with E-state index in [-0.39, 0.29) is 441 Å². The van der Waals surface area contributed by atoms with Crippen molar-refractivity contribution in [2.45, 2.75) is 45.4 Å². The summed E-state index contributed by atoms with van der Waals surface area (Å²) in [5.74, 6) is -0.266. The van der Waals surface area contributed by atoms with Gasteiger partial charge in [0.1, 0.15) is 0 Å². The Morgan fingerprint density at radius 1 is 0.717 bits per heavy atom. The molecule has 1 rings (SSSR count). The fourth-order valence-corrected chi connectivity index (χ4v) is 0.927. The number of nitrogen functional groups attached to an aromatic ring is 1. The quantitative estimate of drug-likeness (QED) is 0.0874. The van der Waals surface area contributed by atoms with Crippen LogP contribution in [0.25, 0.3) is 0 Å². The number of pyridine rings is 1. The van der Waals surface area contributed by atoms with E-state index in [4.69, 9.17) is 26.5 Å². The van der Waals surface area contributed by atoms with Gasteiger partial charge in [0.2, 0.25) is 0 Å². The number of aliphatic hydroxyl groups is 2. The van der Waals surface area contributed by atoms with Gasteiger partial charge in [0.25, 0.3) is 0 Å². The second-order valence-corrected chi connectivity index (χ2v) is 6.36. The number of aliphatic hydroxyl groups excluding tert-OH is 2. The third-order valence-electron chi connectivity index (χ3n) is 3.03. The molecule has 0 aliphatic rings. The maximum Gasteiger partial charge on any atom is 0.0998 e. The zero-order valence-corrected chi connectivity index (χ0v) is 107. The van der Waals surface area contributed by atoms with Crippen LogP contribution in [0.3, 0.4) is 0 Å². The number of hydrogen-bond acceptors (Lipinski definition) is 12.